The van der Waals surface area contributed by atoms with Gasteiger partial charge in [-0.3, -0.25) is 0 Å². The Kier molecular flexibility index (Phi) is 5.50. The highest BCUT2D eigenvalue weighted by atomic mass is 15.6. The minimum Gasteiger partial charge on any atom is -0.224 e. The van der Waals surface area contributed by atoms with Gasteiger partial charge in [0.2, 0.25) is 6.29 Å². The van der Waals surface area contributed by atoms with Crippen molar-refractivity contribution in [3.8, 4) is 0 Å². The maximum Gasteiger partial charge on any atom is 0.238 e. The van der Waals surface area contributed by atoms with Gasteiger partial charge in [0.05, 0.1) is 17.1 Å². The fourth-order valence-corrected chi connectivity index (χ4v) is 3.40. The minimum absolute atomic E-state index is 0.257. The fourth-order valence-electron chi connectivity index (χ4n) is 3.40. The summed E-state index contributed by atoms with van der Waals surface area (Å²) in [6.45, 7) is 19.4. The summed E-state index contributed by atoms with van der Waals surface area (Å²) in [4.78, 5) is 0. The third-order valence-corrected chi connectivity index (χ3v) is 5.25. The molecule has 0 spiro atoms. The predicted octanol–water partition coefficient (Wildman–Crippen LogP) is 5.12. The highest BCUT2D eigenvalue weighted by Crippen LogP contribution is 2.25. The summed E-state index contributed by atoms with van der Waals surface area (Å²) < 4.78 is 6.18. The SMILES string of the molecule is Cc1cc(C(C)C)nn1C(n1nc(C(C)C)cc1C)n1nc(C(C)C)cc1C. The largest absolute Gasteiger partial charge is 0.238 e. The second-order valence-electron chi connectivity index (χ2n) is 8.78. The Hall–Kier alpha value is -2.37. The highest BCUT2D eigenvalue weighted by molar-refractivity contribution is 5.18. The third-order valence-electron chi connectivity index (χ3n) is 5.25. The van der Waals surface area contributed by atoms with E-state index in [0.29, 0.717) is 17.8 Å². The van der Waals surface area contributed by atoms with Crippen LogP contribution in [0.4, 0.5) is 0 Å². The van der Waals surface area contributed by atoms with Gasteiger partial charge in [0.1, 0.15) is 0 Å². The molecule has 3 heterocycles. The van der Waals surface area contributed by atoms with Gasteiger partial charge in [-0.15, -0.1) is 0 Å². The maximum absolute atomic E-state index is 4.95. The van der Waals surface area contributed by atoms with E-state index in [9.17, 15) is 0 Å². The van der Waals surface area contributed by atoms with Crippen molar-refractivity contribution in [3.63, 3.8) is 0 Å². The Bertz CT molecular complexity index is 830. The Morgan fingerprint density at radius 3 is 0.964 bits per heavy atom. The van der Waals surface area contributed by atoms with Crippen LogP contribution in [0, 0.1) is 20.8 Å². The molecule has 0 saturated carbocycles. The van der Waals surface area contributed by atoms with E-state index in [1.165, 1.54) is 0 Å². The quantitative estimate of drug-likeness (QED) is 0.594. The van der Waals surface area contributed by atoms with Gasteiger partial charge >= 0.3 is 0 Å². The number of hydrogen-bond acceptors (Lipinski definition) is 3. The van der Waals surface area contributed by atoms with Gasteiger partial charge in [0.15, 0.2) is 0 Å². The number of aryl methyl sites for hydroxylation is 3. The lowest BCUT2D eigenvalue weighted by atomic mass is 10.1. The van der Waals surface area contributed by atoms with Crippen LogP contribution in [-0.2, 0) is 0 Å². The normalized spacial score (nSPS) is 12.3. The molecule has 0 saturated heterocycles. The molecular formula is C22H34N6. The molecular weight excluding hydrogens is 348 g/mol. The lowest BCUT2D eigenvalue weighted by Crippen LogP contribution is -2.31. The second-order valence-corrected chi connectivity index (χ2v) is 8.78. The van der Waals surface area contributed by atoms with E-state index in [1.54, 1.807) is 0 Å². The van der Waals surface area contributed by atoms with Crippen molar-refractivity contribution in [1.82, 2.24) is 29.3 Å². The monoisotopic (exact) mass is 382 g/mol. The average Bonchev–Trinajstić information content (AvgIpc) is 3.28. The molecule has 3 rings (SSSR count). The van der Waals surface area contributed by atoms with Crippen molar-refractivity contribution < 1.29 is 0 Å². The van der Waals surface area contributed by atoms with Crippen molar-refractivity contribution in [2.24, 2.45) is 0 Å². The first-order valence-corrected chi connectivity index (χ1v) is 10.3. The molecule has 3 aromatic rings. The molecule has 0 unspecified atom stereocenters. The van der Waals surface area contributed by atoms with Crippen molar-refractivity contribution in [3.05, 3.63) is 52.4 Å². The molecule has 0 bridgehead atoms. The average molecular weight is 383 g/mol. The number of nitrogens with zero attached hydrogens (tertiary/aromatic N) is 6. The van der Waals surface area contributed by atoms with Crippen molar-refractivity contribution in [1.29, 1.82) is 0 Å². The smallest absolute Gasteiger partial charge is 0.224 e. The van der Waals surface area contributed by atoms with E-state index in [4.69, 9.17) is 15.3 Å². The van der Waals surface area contributed by atoms with Crippen molar-refractivity contribution in [2.45, 2.75) is 86.4 Å². The first-order valence-electron chi connectivity index (χ1n) is 10.3. The third kappa shape index (κ3) is 3.64. The van der Waals surface area contributed by atoms with Crippen LogP contribution in [-0.4, -0.2) is 29.3 Å². The summed E-state index contributed by atoms with van der Waals surface area (Å²) in [5, 5.41) is 14.8. The number of rotatable bonds is 6. The van der Waals surface area contributed by atoms with E-state index in [0.717, 1.165) is 34.2 Å². The molecule has 0 atom stereocenters. The minimum atomic E-state index is -0.257. The Balaban J connectivity index is 2.23. The van der Waals surface area contributed by atoms with Gasteiger partial charge < -0.3 is 0 Å². The van der Waals surface area contributed by atoms with E-state index in [1.807, 2.05) is 0 Å². The summed E-state index contributed by atoms with van der Waals surface area (Å²) in [6, 6.07) is 6.51. The molecule has 0 amide bonds. The summed E-state index contributed by atoms with van der Waals surface area (Å²) in [5.41, 5.74) is 6.59. The molecule has 0 aliphatic rings. The molecule has 0 aliphatic heterocycles. The summed E-state index contributed by atoms with van der Waals surface area (Å²) in [7, 11) is 0. The molecule has 6 nitrogen and oxygen atoms in total. The summed E-state index contributed by atoms with van der Waals surface area (Å²) in [6.07, 6.45) is -0.257. The highest BCUT2D eigenvalue weighted by Gasteiger charge is 2.26. The van der Waals surface area contributed by atoms with E-state index in [-0.39, 0.29) is 6.29 Å². The van der Waals surface area contributed by atoms with Crippen LogP contribution in [0.5, 0.6) is 0 Å². The molecule has 0 fully saturated rings. The fraction of sp³-hybridized carbons (Fsp3) is 0.591. The van der Waals surface area contributed by atoms with Gasteiger partial charge in [0.25, 0.3) is 0 Å². The Morgan fingerprint density at radius 1 is 0.536 bits per heavy atom. The Labute approximate surface area is 168 Å². The topological polar surface area (TPSA) is 53.5 Å². The molecule has 28 heavy (non-hydrogen) atoms. The zero-order chi connectivity index (χ0) is 20.7. The molecule has 6 heteroatoms. The number of aromatic nitrogens is 6. The molecule has 0 aliphatic carbocycles. The van der Waals surface area contributed by atoms with Gasteiger partial charge in [0, 0.05) is 17.1 Å². The van der Waals surface area contributed by atoms with Crippen LogP contribution in [0.3, 0.4) is 0 Å². The van der Waals surface area contributed by atoms with Gasteiger partial charge in [-0.2, -0.15) is 15.3 Å². The molecule has 0 aromatic carbocycles. The van der Waals surface area contributed by atoms with Crippen molar-refractivity contribution >= 4 is 0 Å². The maximum atomic E-state index is 4.95. The molecule has 152 valence electrons. The summed E-state index contributed by atoms with van der Waals surface area (Å²) in [5.74, 6) is 1.11. The van der Waals surface area contributed by atoms with Crippen LogP contribution in [0.1, 0.15) is 99.7 Å². The van der Waals surface area contributed by atoms with Crippen LogP contribution < -0.4 is 0 Å². The first-order chi connectivity index (χ1) is 13.1. The van der Waals surface area contributed by atoms with Crippen LogP contribution >= 0.6 is 0 Å². The van der Waals surface area contributed by atoms with E-state index < -0.39 is 0 Å². The van der Waals surface area contributed by atoms with Gasteiger partial charge in [-0.1, -0.05) is 41.5 Å². The standard InChI is InChI=1S/C22H34N6/c1-13(2)19-10-16(7)26(23-19)22(27-17(8)11-20(24-27)14(3)4)28-18(9)12-21(25-28)15(5)6/h10-15,22H,1-9H3. The zero-order valence-corrected chi connectivity index (χ0v) is 18.7. The van der Waals surface area contributed by atoms with E-state index >= 15 is 0 Å². The van der Waals surface area contributed by atoms with E-state index in [2.05, 4.69) is 94.6 Å². The lowest BCUT2D eigenvalue weighted by Gasteiger charge is -2.23. The predicted molar refractivity (Wildman–Crippen MR) is 113 cm³/mol. The van der Waals surface area contributed by atoms with Gasteiger partial charge in [-0.25, -0.2) is 14.0 Å². The van der Waals surface area contributed by atoms with Crippen LogP contribution in [0.25, 0.3) is 0 Å². The lowest BCUT2D eigenvalue weighted by molar-refractivity contribution is 0.266. The van der Waals surface area contributed by atoms with Crippen LogP contribution in [0.15, 0.2) is 18.2 Å². The second kappa shape index (κ2) is 7.57. The molecule has 3 aromatic heterocycles. The zero-order valence-electron chi connectivity index (χ0n) is 18.7. The Morgan fingerprint density at radius 2 is 0.786 bits per heavy atom. The first kappa shape index (κ1) is 20.4. The number of hydrogen-bond donors (Lipinski definition) is 0. The van der Waals surface area contributed by atoms with Gasteiger partial charge in [-0.05, 0) is 56.7 Å². The van der Waals surface area contributed by atoms with Crippen LogP contribution in [0.2, 0.25) is 0 Å². The molecule has 0 radical (unpaired) electrons. The summed E-state index contributed by atoms with van der Waals surface area (Å²) >= 11 is 0. The molecule has 0 N–H and O–H groups in total. The van der Waals surface area contributed by atoms with Crippen molar-refractivity contribution in [2.75, 3.05) is 0 Å².